The highest BCUT2D eigenvalue weighted by atomic mass is 16.5. The van der Waals surface area contributed by atoms with Crippen LogP contribution in [0.2, 0.25) is 0 Å². The van der Waals surface area contributed by atoms with Gasteiger partial charge in [-0.15, -0.1) is 0 Å². The number of nitrogens with two attached hydrogens (primary N) is 1. The Bertz CT molecular complexity index is 401. The molecule has 1 aliphatic rings. The molecule has 2 heterocycles. The molecule has 1 saturated heterocycles. The van der Waals surface area contributed by atoms with E-state index >= 15 is 0 Å². The lowest BCUT2D eigenvalue weighted by Gasteiger charge is -2.36. The molecule has 7 nitrogen and oxygen atoms in total. The van der Waals surface area contributed by atoms with Crippen LogP contribution in [0, 0.1) is 0 Å². The molecule has 2 unspecified atom stereocenters. The Morgan fingerprint density at radius 2 is 2.35 bits per heavy atom. The number of nitrogens with zero attached hydrogens (tertiary/aromatic N) is 3. The van der Waals surface area contributed by atoms with E-state index in [0.717, 1.165) is 44.2 Å². The fourth-order valence-corrected chi connectivity index (χ4v) is 2.68. The topological polar surface area (TPSA) is 77.6 Å². The van der Waals surface area contributed by atoms with Gasteiger partial charge in [-0.25, -0.2) is 5.43 Å². The number of hydrogen-bond acceptors (Lipinski definition) is 6. The molecule has 0 aliphatic carbocycles. The van der Waals surface area contributed by atoms with Gasteiger partial charge in [-0.05, 0) is 13.5 Å². The van der Waals surface area contributed by atoms with Gasteiger partial charge in [0.1, 0.15) is 5.69 Å². The van der Waals surface area contributed by atoms with Gasteiger partial charge in [0.05, 0.1) is 32.1 Å². The van der Waals surface area contributed by atoms with E-state index in [1.807, 2.05) is 11.6 Å². The third-order valence-electron chi connectivity index (χ3n) is 3.84. The van der Waals surface area contributed by atoms with Gasteiger partial charge in [0.15, 0.2) is 5.75 Å². The summed E-state index contributed by atoms with van der Waals surface area (Å²) in [4.78, 5) is 2.36. The number of rotatable bonds is 6. The normalized spacial score (nSPS) is 21.9. The number of aromatic nitrogens is 2. The second-order valence-electron chi connectivity index (χ2n) is 4.86. The van der Waals surface area contributed by atoms with Crippen molar-refractivity contribution < 1.29 is 9.47 Å². The van der Waals surface area contributed by atoms with E-state index in [-0.39, 0.29) is 12.1 Å². The summed E-state index contributed by atoms with van der Waals surface area (Å²) < 4.78 is 13.2. The molecule has 0 bridgehead atoms. The summed E-state index contributed by atoms with van der Waals surface area (Å²) in [5.41, 5.74) is 3.82. The molecule has 1 aliphatic heterocycles. The Hall–Kier alpha value is -1.15. The molecular formula is C13H25N5O2. The average molecular weight is 283 g/mol. The Balaban J connectivity index is 2.25. The maximum atomic E-state index is 5.91. The maximum absolute atomic E-state index is 5.91. The lowest BCUT2D eigenvalue weighted by Crippen LogP contribution is -2.50. The van der Waals surface area contributed by atoms with Crippen molar-refractivity contribution in [2.45, 2.75) is 32.5 Å². The van der Waals surface area contributed by atoms with Gasteiger partial charge in [0.25, 0.3) is 0 Å². The van der Waals surface area contributed by atoms with E-state index in [1.54, 1.807) is 13.3 Å². The molecule has 0 aromatic carbocycles. The van der Waals surface area contributed by atoms with Crippen molar-refractivity contribution in [2.75, 3.05) is 33.4 Å². The van der Waals surface area contributed by atoms with Crippen molar-refractivity contribution in [3.8, 4) is 5.75 Å². The quantitative estimate of drug-likeness (QED) is 0.571. The van der Waals surface area contributed by atoms with E-state index in [0.29, 0.717) is 0 Å². The molecule has 1 aromatic rings. The van der Waals surface area contributed by atoms with Gasteiger partial charge in [-0.2, -0.15) is 5.10 Å². The summed E-state index contributed by atoms with van der Waals surface area (Å²) in [6, 6.07) is -0.137. The van der Waals surface area contributed by atoms with Crippen LogP contribution in [-0.4, -0.2) is 54.1 Å². The fourth-order valence-electron chi connectivity index (χ4n) is 2.68. The molecule has 3 N–H and O–H groups in total. The highest BCUT2D eigenvalue weighted by Crippen LogP contribution is 2.29. The Labute approximate surface area is 120 Å². The molecule has 20 heavy (non-hydrogen) atoms. The minimum atomic E-state index is -0.137. The SMILES string of the molecule is CCN1CCOC(C(NN)c2c(OC)cnn2CC)C1. The predicted octanol–water partition coefficient (Wildman–Crippen LogP) is 0.137. The van der Waals surface area contributed by atoms with E-state index in [2.05, 4.69) is 22.3 Å². The van der Waals surface area contributed by atoms with Crippen LogP contribution in [0.3, 0.4) is 0 Å². The van der Waals surface area contributed by atoms with E-state index < -0.39 is 0 Å². The van der Waals surface area contributed by atoms with Crippen molar-refractivity contribution in [1.29, 1.82) is 0 Å². The summed E-state index contributed by atoms with van der Waals surface area (Å²) in [6.45, 7) is 8.52. The van der Waals surface area contributed by atoms with Crippen LogP contribution in [-0.2, 0) is 11.3 Å². The highest BCUT2D eigenvalue weighted by molar-refractivity contribution is 5.29. The Morgan fingerprint density at radius 1 is 1.55 bits per heavy atom. The minimum Gasteiger partial charge on any atom is -0.493 e. The lowest BCUT2D eigenvalue weighted by atomic mass is 10.1. The van der Waals surface area contributed by atoms with Gasteiger partial charge in [-0.1, -0.05) is 6.92 Å². The molecule has 2 rings (SSSR count). The van der Waals surface area contributed by atoms with Crippen LogP contribution in [0.25, 0.3) is 0 Å². The third-order valence-corrected chi connectivity index (χ3v) is 3.84. The van der Waals surface area contributed by atoms with Gasteiger partial charge in [-0.3, -0.25) is 15.4 Å². The second kappa shape index (κ2) is 7.03. The highest BCUT2D eigenvalue weighted by Gasteiger charge is 2.32. The number of morpholine rings is 1. The number of likely N-dealkylation sites (N-methyl/N-ethyl adjacent to an activating group) is 1. The van der Waals surface area contributed by atoms with Gasteiger partial charge in [0, 0.05) is 19.6 Å². The summed E-state index contributed by atoms with van der Waals surface area (Å²) in [7, 11) is 1.65. The zero-order chi connectivity index (χ0) is 14.5. The van der Waals surface area contributed by atoms with Gasteiger partial charge in [0.2, 0.25) is 0 Å². The molecule has 0 amide bonds. The molecular weight excluding hydrogens is 258 g/mol. The van der Waals surface area contributed by atoms with Crippen molar-refractivity contribution in [3.05, 3.63) is 11.9 Å². The van der Waals surface area contributed by atoms with Crippen LogP contribution < -0.4 is 16.0 Å². The van der Waals surface area contributed by atoms with E-state index in [1.165, 1.54) is 0 Å². The largest absolute Gasteiger partial charge is 0.493 e. The number of hydrogen-bond donors (Lipinski definition) is 2. The first-order valence-electron chi connectivity index (χ1n) is 7.14. The Morgan fingerprint density at radius 3 is 2.95 bits per heavy atom. The molecule has 7 heteroatoms. The third kappa shape index (κ3) is 2.95. The summed E-state index contributed by atoms with van der Waals surface area (Å²) in [6.07, 6.45) is 1.72. The number of nitrogens with one attached hydrogen (secondary N) is 1. The zero-order valence-electron chi connectivity index (χ0n) is 12.5. The minimum absolute atomic E-state index is 0.00963. The summed E-state index contributed by atoms with van der Waals surface area (Å²) >= 11 is 0. The van der Waals surface area contributed by atoms with Crippen molar-refractivity contribution in [2.24, 2.45) is 5.84 Å². The Kier molecular flexibility index (Phi) is 5.36. The van der Waals surface area contributed by atoms with Crippen LogP contribution in [0.15, 0.2) is 6.20 Å². The van der Waals surface area contributed by atoms with Gasteiger partial charge < -0.3 is 9.47 Å². The lowest BCUT2D eigenvalue weighted by molar-refractivity contribution is -0.0473. The monoisotopic (exact) mass is 283 g/mol. The number of ether oxygens (including phenoxy) is 2. The molecule has 0 spiro atoms. The standard InChI is InChI=1S/C13H25N5O2/c1-4-17-6-7-20-11(9-17)12(16-14)13-10(19-3)8-15-18(13)5-2/h8,11-12,16H,4-7,9,14H2,1-3H3. The van der Waals surface area contributed by atoms with Crippen LogP contribution in [0.1, 0.15) is 25.6 Å². The molecule has 1 aromatic heterocycles. The van der Waals surface area contributed by atoms with E-state index in [4.69, 9.17) is 15.3 Å². The van der Waals surface area contributed by atoms with E-state index in [9.17, 15) is 0 Å². The fraction of sp³-hybridized carbons (Fsp3) is 0.769. The summed E-state index contributed by atoms with van der Waals surface area (Å²) in [5.74, 6) is 6.53. The van der Waals surface area contributed by atoms with Crippen LogP contribution >= 0.6 is 0 Å². The maximum Gasteiger partial charge on any atom is 0.161 e. The second-order valence-corrected chi connectivity index (χ2v) is 4.86. The van der Waals surface area contributed by atoms with Crippen molar-refractivity contribution in [3.63, 3.8) is 0 Å². The first kappa shape index (κ1) is 15.2. The smallest absolute Gasteiger partial charge is 0.161 e. The summed E-state index contributed by atoms with van der Waals surface area (Å²) in [5, 5.41) is 4.34. The van der Waals surface area contributed by atoms with Crippen LogP contribution in [0.5, 0.6) is 5.75 Å². The predicted molar refractivity (Wildman–Crippen MR) is 76.4 cm³/mol. The number of methoxy groups -OCH3 is 1. The number of hydrazine groups is 1. The molecule has 0 radical (unpaired) electrons. The zero-order valence-corrected chi connectivity index (χ0v) is 12.5. The van der Waals surface area contributed by atoms with Crippen molar-refractivity contribution in [1.82, 2.24) is 20.1 Å². The van der Waals surface area contributed by atoms with Crippen molar-refractivity contribution >= 4 is 0 Å². The first-order chi connectivity index (χ1) is 9.74. The number of aryl methyl sites for hydroxylation is 1. The molecule has 1 fully saturated rings. The van der Waals surface area contributed by atoms with Crippen LogP contribution in [0.4, 0.5) is 0 Å². The van der Waals surface area contributed by atoms with Gasteiger partial charge >= 0.3 is 0 Å². The molecule has 2 atom stereocenters. The molecule has 114 valence electrons. The molecule has 0 saturated carbocycles. The average Bonchev–Trinajstić information content (AvgIpc) is 2.91. The first-order valence-corrected chi connectivity index (χ1v) is 7.14.